The van der Waals surface area contributed by atoms with Crippen LogP contribution in [0.25, 0.3) is 22.5 Å². The Balaban J connectivity index is 1.51. The topological polar surface area (TPSA) is 64.1 Å². The van der Waals surface area contributed by atoms with Crippen LogP contribution >= 0.6 is 0 Å². The number of nitrogens with one attached hydrogen (secondary N) is 1. The van der Waals surface area contributed by atoms with Crippen molar-refractivity contribution in [3.05, 3.63) is 59.8 Å². The van der Waals surface area contributed by atoms with E-state index in [0.29, 0.717) is 18.2 Å². The Hall–Kier alpha value is -3.21. The molecule has 5 rings (SSSR count). The first-order valence-corrected chi connectivity index (χ1v) is 11.6. The van der Waals surface area contributed by atoms with Gasteiger partial charge < -0.3 is 10.1 Å². The third kappa shape index (κ3) is 4.24. The minimum absolute atomic E-state index is 0.0456. The molecule has 1 saturated carbocycles. The van der Waals surface area contributed by atoms with Crippen LogP contribution < -0.4 is 10.1 Å². The van der Waals surface area contributed by atoms with Gasteiger partial charge in [0.2, 0.25) is 5.91 Å². The number of aromatic nitrogens is 2. The summed E-state index contributed by atoms with van der Waals surface area (Å²) in [4.78, 5) is 22.9. The lowest BCUT2D eigenvalue weighted by Gasteiger charge is -2.23. The van der Waals surface area contributed by atoms with Gasteiger partial charge in [0, 0.05) is 17.5 Å². The normalized spacial score (nSPS) is 15.5. The molecule has 0 saturated heterocycles. The van der Waals surface area contributed by atoms with E-state index < -0.39 is 0 Å². The van der Waals surface area contributed by atoms with Gasteiger partial charge in [-0.3, -0.25) is 4.79 Å². The van der Waals surface area contributed by atoms with Crippen molar-refractivity contribution in [2.24, 2.45) is 5.92 Å². The summed E-state index contributed by atoms with van der Waals surface area (Å²) in [7, 11) is 1.69. The highest BCUT2D eigenvalue weighted by Crippen LogP contribution is 2.37. The number of fused-ring (bicyclic) bond motifs is 3. The van der Waals surface area contributed by atoms with Crippen molar-refractivity contribution < 1.29 is 9.53 Å². The van der Waals surface area contributed by atoms with Crippen molar-refractivity contribution in [2.75, 3.05) is 12.4 Å². The summed E-state index contributed by atoms with van der Waals surface area (Å²) in [6.45, 7) is 0. The molecule has 1 fully saturated rings. The lowest BCUT2D eigenvalue weighted by molar-refractivity contribution is -0.117. The van der Waals surface area contributed by atoms with Crippen LogP contribution in [-0.2, 0) is 17.6 Å². The quantitative estimate of drug-likeness (QED) is 0.557. The van der Waals surface area contributed by atoms with Crippen molar-refractivity contribution in [3.8, 4) is 28.3 Å². The first-order valence-electron chi connectivity index (χ1n) is 11.6. The largest absolute Gasteiger partial charge is 0.497 e. The molecule has 32 heavy (non-hydrogen) atoms. The molecule has 0 spiro atoms. The molecule has 1 aromatic heterocycles. The van der Waals surface area contributed by atoms with E-state index in [-0.39, 0.29) is 5.91 Å². The molecule has 2 aliphatic rings. The van der Waals surface area contributed by atoms with Crippen LogP contribution in [0.4, 0.5) is 5.82 Å². The molecule has 1 heterocycles. The van der Waals surface area contributed by atoms with Crippen molar-refractivity contribution in [3.63, 3.8) is 0 Å². The summed E-state index contributed by atoms with van der Waals surface area (Å²) in [5.74, 6) is 1.96. The molecule has 0 unspecified atom stereocenters. The Bertz CT molecular complexity index is 1120. The minimum atomic E-state index is 0.0456. The average molecular weight is 428 g/mol. The number of carbonyl (C=O) groups is 1. The number of nitrogens with zero attached hydrogens (tertiary/aromatic N) is 2. The minimum Gasteiger partial charge on any atom is -0.497 e. The van der Waals surface area contributed by atoms with Crippen molar-refractivity contribution >= 4 is 11.7 Å². The number of ether oxygens (including phenoxy) is 1. The predicted octanol–water partition coefficient (Wildman–Crippen LogP) is 5.83. The van der Waals surface area contributed by atoms with Crippen LogP contribution in [0.2, 0.25) is 0 Å². The van der Waals surface area contributed by atoms with Gasteiger partial charge in [-0.1, -0.05) is 49.6 Å². The van der Waals surface area contributed by atoms with E-state index in [4.69, 9.17) is 14.7 Å². The molecule has 1 amide bonds. The second kappa shape index (κ2) is 9.11. The number of anilines is 1. The zero-order valence-electron chi connectivity index (χ0n) is 18.6. The second-order valence-electron chi connectivity index (χ2n) is 8.86. The van der Waals surface area contributed by atoms with Gasteiger partial charge in [0.1, 0.15) is 11.4 Å². The van der Waals surface area contributed by atoms with Gasteiger partial charge in [0.05, 0.1) is 18.5 Å². The van der Waals surface area contributed by atoms with E-state index in [1.807, 2.05) is 36.4 Å². The molecule has 3 aromatic rings. The molecule has 2 aliphatic carbocycles. The number of carbonyl (C=O) groups excluding carboxylic acids is 1. The van der Waals surface area contributed by atoms with E-state index in [1.54, 1.807) is 7.11 Å². The van der Waals surface area contributed by atoms with E-state index in [0.717, 1.165) is 59.6 Å². The molecule has 164 valence electrons. The van der Waals surface area contributed by atoms with E-state index in [9.17, 15) is 4.79 Å². The van der Waals surface area contributed by atoms with Gasteiger partial charge in [-0.05, 0) is 55.4 Å². The second-order valence-corrected chi connectivity index (χ2v) is 8.86. The first-order chi connectivity index (χ1) is 15.7. The lowest BCUT2D eigenvalue weighted by Crippen LogP contribution is -2.20. The summed E-state index contributed by atoms with van der Waals surface area (Å²) < 4.78 is 5.40. The van der Waals surface area contributed by atoms with Crippen molar-refractivity contribution in [1.82, 2.24) is 9.97 Å². The lowest BCUT2D eigenvalue weighted by atomic mass is 9.87. The number of amides is 1. The molecular formula is C27H29N3O2. The number of aryl methyl sites for hydroxylation is 2. The standard InChI is InChI=1S/C27H29N3O2/c1-32-21-13-14-22-20(17-21)12-15-23-26(22)30-25(19-10-6-3-7-11-19)27(28-23)29-24(31)16-18-8-4-2-5-9-18/h3,6-7,10-11,13-14,17-18H,2,4-5,8-9,12,15-16H2,1H3,(H,28,29,31). The maximum Gasteiger partial charge on any atom is 0.225 e. The number of methoxy groups -OCH3 is 1. The van der Waals surface area contributed by atoms with Crippen LogP contribution in [0.1, 0.15) is 49.8 Å². The fourth-order valence-electron chi connectivity index (χ4n) is 4.97. The van der Waals surface area contributed by atoms with Crippen LogP contribution in [-0.4, -0.2) is 23.0 Å². The summed E-state index contributed by atoms with van der Waals surface area (Å²) in [5.41, 5.74) is 5.84. The number of hydrogen-bond donors (Lipinski definition) is 1. The molecule has 2 aromatic carbocycles. The van der Waals surface area contributed by atoms with Crippen molar-refractivity contribution in [2.45, 2.75) is 51.4 Å². The highest BCUT2D eigenvalue weighted by Gasteiger charge is 2.24. The third-order valence-corrected chi connectivity index (χ3v) is 6.67. The Morgan fingerprint density at radius 2 is 1.81 bits per heavy atom. The monoisotopic (exact) mass is 427 g/mol. The molecular weight excluding hydrogens is 398 g/mol. The molecule has 0 radical (unpaired) electrons. The fourth-order valence-corrected chi connectivity index (χ4v) is 4.97. The Morgan fingerprint density at radius 3 is 2.59 bits per heavy atom. The van der Waals surface area contributed by atoms with Gasteiger partial charge >= 0.3 is 0 Å². The van der Waals surface area contributed by atoms with Gasteiger partial charge in [-0.25, -0.2) is 9.97 Å². The Morgan fingerprint density at radius 1 is 1.00 bits per heavy atom. The molecule has 5 nitrogen and oxygen atoms in total. The zero-order valence-corrected chi connectivity index (χ0v) is 18.6. The van der Waals surface area contributed by atoms with Crippen LogP contribution in [0.5, 0.6) is 5.75 Å². The smallest absolute Gasteiger partial charge is 0.225 e. The zero-order chi connectivity index (χ0) is 21.9. The van der Waals surface area contributed by atoms with Crippen LogP contribution in [0.3, 0.4) is 0 Å². The highest BCUT2D eigenvalue weighted by atomic mass is 16.5. The first kappa shape index (κ1) is 20.7. The Kier molecular flexibility index (Phi) is 5.89. The maximum absolute atomic E-state index is 12.9. The molecule has 0 bridgehead atoms. The Labute approximate surface area is 189 Å². The number of rotatable bonds is 5. The van der Waals surface area contributed by atoms with E-state index in [1.165, 1.54) is 24.8 Å². The van der Waals surface area contributed by atoms with E-state index >= 15 is 0 Å². The fraction of sp³-hybridized carbons (Fsp3) is 0.370. The average Bonchev–Trinajstić information content (AvgIpc) is 2.84. The molecule has 0 atom stereocenters. The van der Waals surface area contributed by atoms with Gasteiger partial charge in [-0.15, -0.1) is 0 Å². The van der Waals surface area contributed by atoms with Gasteiger partial charge in [-0.2, -0.15) is 0 Å². The van der Waals surface area contributed by atoms with Crippen molar-refractivity contribution in [1.29, 1.82) is 0 Å². The third-order valence-electron chi connectivity index (χ3n) is 6.67. The molecule has 0 aliphatic heterocycles. The SMILES string of the molecule is COc1ccc2c(c1)CCc1nc(NC(=O)CC3CCCCC3)c(-c3ccccc3)nc1-2. The number of benzene rings is 2. The maximum atomic E-state index is 12.9. The predicted molar refractivity (Wildman–Crippen MR) is 127 cm³/mol. The molecule has 1 N–H and O–H groups in total. The summed E-state index contributed by atoms with van der Waals surface area (Å²) in [6, 6.07) is 16.1. The van der Waals surface area contributed by atoms with Gasteiger partial charge in [0.15, 0.2) is 5.82 Å². The summed E-state index contributed by atoms with van der Waals surface area (Å²) in [5, 5.41) is 3.12. The molecule has 5 heteroatoms. The van der Waals surface area contributed by atoms with Crippen LogP contribution in [0.15, 0.2) is 48.5 Å². The van der Waals surface area contributed by atoms with Crippen LogP contribution in [0, 0.1) is 5.92 Å². The number of hydrogen-bond acceptors (Lipinski definition) is 4. The summed E-state index contributed by atoms with van der Waals surface area (Å²) in [6.07, 6.45) is 8.29. The summed E-state index contributed by atoms with van der Waals surface area (Å²) >= 11 is 0. The van der Waals surface area contributed by atoms with E-state index in [2.05, 4.69) is 17.4 Å². The highest BCUT2D eigenvalue weighted by molar-refractivity contribution is 5.94. The van der Waals surface area contributed by atoms with Gasteiger partial charge in [0.25, 0.3) is 0 Å².